The molecule has 15 heavy (non-hydrogen) atoms. The van der Waals surface area contributed by atoms with Gasteiger partial charge in [-0.3, -0.25) is 0 Å². The molecule has 4 heteroatoms. The van der Waals surface area contributed by atoms with Crippen LogP contribution in [0.3, 0.4) is 0 Å². The van der Waals surface area contributed by atoms with Crippen LogP contribution in [0.15, 0.2) is 30.3 Å². The highest BCUT2D eigenvalue weighted by Crippen LogP contribution is 2.06. The highest BCUT2D eigenvalue weighted by molar-refractivity contribution is 7.74. The first-order valence-corrected chi connectivity index (χ1v) is 6.05. The van der Waals surface area contributed by atoms with E-state index in [1.54, 1.807) is 0 Å². The maximum absolute atomic E-state index is 10.0. The van der Waals surface area contributed by atoms with Gasteiger partial charge in [-0.25, -0.2) is 4.21 Å². The van der Waals surface area contributed by atoms with E-state index in [0.29, 0.717) is 6.61 Å². The molecule has 0 N–H and O–H groups in total. The molecule has 3 nitrogen and oxygen atoms in total. The lowest BCUT2D eigenvalue weighted by molar-refractivity contribution is 0.291. The Labute approximate surface area is 93.0 Å². The Morgan fingerprint density at radius 3 is 2.53 bits per heavy atom. The predicted molar refractivity (Wildman–Crippen MR) is 58.9 cm³/mol. The van der Waals surface area contributed by atoms with Crippen molar-refractivity contribution in [3.05, 3.63) is 35.9 Å². The number of aryl methyl sites for hydroxylation is 1. The highest BCUT2D eigenvalue weighted by Gasteiger charge is 1.93. The molecular formula is C11H15O3S-. The zero-order chi connectivity index (χ0) is 10.9. The summed E-state index contributed by atoms with van der Waals surface area (Å²) in [5, 5.41) is 0. The predicted octanol–water partition coefficient (Wildman–Crippen LogP) is 2.21. The summed E-state index contributed by atoms with van der Waals surface area (Å²) in [7, 11) is 0. The van der Waals surface area contributed by atoms with Crippen molar-refractivity contribution >= 4 is 11.4 Å². The molecule has 1 aromatic carbocycles. The molecule has 1 rings (SSSR count). The van der Waals surface area contributed by atoms with Crippen LogP contribution in [0, 0.1) is 0 Å². The molecule has 0 radical (unpaired) electrons. The minimum absolute atomic E-state index is 0.297. The molecular weight excluding hydrogens is 212 g/mol. The van der Waals surface area contributed by atoms with Crippen molar-refractivity contribution in [2.75, 3.05) is 6.61 Å². The Morgan fingerprint density at radius 1 is 1.13 bits per heavy atom. The van der Waals surface area contributed by atoms with Crippen molar-refractivity contribution in [1.29, 1.82) is 0 Å². The van der Waals surface area contributed by atoms with E-state index in [4.69, 9.17) is 0 Å². The fourth-order valence-electron chi connectivity index (χ4n) is 1.38. The highest BCUT2D eigenvalue weighted by atomic mass is 32.2. The van der Waals surface area contributed by atoms with Crippen molar-refractivity contribution in [2.45, 2.75) is 25.7 Å². The molecule has 1 atom stereocenters. The van der Waals surface area contributed by atoms with E-state index in [1.807, 2.05) is 18.2 Å². The number of unbranched alkanes of at least 4 members (excludes halogenated alkanes) is 2. The van der Waals surface area contributed by atoms with Crippen LogP contribution in [0.1, 0.15) is 24.8 Å². The first kappa shape index (κ1) is 12.4. The van der Waals surface area contributed by atoms with Crippen LogP contribution >= 0.6 is 0 Å². The van der Waals surface area contributed by atoms with E-state index >= 15 is 0 Å². The molecule has 0 bridgehead atoms. The van der Waals surface area contributed by atoms with Crippen molar-refractivity contribution < 1.29 is 12.9 Å². The Morgan fingerprint density at radius 2 is 1.87 bits per heavy atom. The fourth-order valence-corrected chi connectivity index (χ4v) is 1.63. The van der Waals surface area contributed by atoms with Gasteiger partial charge in [-0.05, 0) is 24.8 Å². The van der Waals surface area contributed by atoms with Crippen molar-refractivity contribution in [3.8, 4) is 0 Å². The number of benzene rings is 1. The molecule has 0 heterocycles. The van der Waals surface area contributed by atoms with Crippen LogP contribution in [-0.4, -0.2) is 15.4 Å². The first-order valence-electron chi connectivity index (χ1n) is 5.05. The summed E-state index contributed by atoms with van der Waals surface area (Å²) >= 11 is -2.36. The SMILES string of the molecule is O=S([O-])OCCCCCc1ccccc1. The number of hydrogen-bond acceptors (Lipinski definition) is 3. The van der Waals surface area contributed by atoms with Gasteiger partial charge in [0.15, 0.2) is 0 Å². The van der Waals surface area contributed by atoms with Crippen LogP contribution in [0.2, 0.25) is 0 Å². The molecule has 0 aliphatic carbocycles. The fraction of sp³-hybridized carbons (Fsp3) is 0.455. The van der Waals surface area contributed by atoms with Crippen molar-refractivity contribution in [3.63, 3.8) is 0 Å². The van der Waals surface area contributed by atoms with E-state index in [-0.39, 0.29) is 0 Å². The first-order chi connectivity index (χ1) is 7.29. The molecule has 0 saturated carbocycles. The maximum atomic E-state index is 10.0. The maximum Gasteiger partial charge on any atom is 0.0842 e. The van der Waals surface area contributed by atoms with Gasteiger partial charge in [0.05, 0.1) is 18.0 Å². The van der Waals surface area contributed by atoms with Crippen LogP contribution in [0.25, 0.3) is 0 Å². The van der Waals surface area contributed by atoms with Gasteiger partial charge >= 0.3 is 0 Å². The third kappa shape index (κ3) is 6.38. The summed E-state index contributed by atoms with van der Waals surface area (Å²) in [6.07, 6.45) is 3.90. The van der Waals surface area contributed by atoms with Crippen LogP contribution in [0.4, 0.5) is 0 Å². The third-order valence-corrected chi connectivity index (χ3v) is 2.49. The standard InChI is InChI=1S/C11H16O3S/c12-15(13)14-10-6-2-5-9-11-7-3-1-4-8-11/h1,3-4,7-8H,2,5-6,9-10H2,(H,12,13)/p-1. The van der Waals surface area contributed by atoms with Crippen molar-refractivity contribution in [1.82, 2.24) is 0 Å². The van der Waals surface area contributed by atoms with Gasteiger partial charge < -0.3 is 8.74 Å². The molecule has 0 aromatic heterocycles. The average Bonchev–Trinajstić information content (AvgIpc) is 2.24. The Kier molecular flexibility index (Phi) is 6.23. The summed E-state index contributed by atoms with van der Waals surface area (Å²) < 4.78 is 24.5. The Bertz CT molecular complexity index is 287. The minimum Gasteiger partial charge on any atom is -0.750 e. The quantitative estimate of drug-likeness (QED) is 0.530. The molecule has 84 valence electrons. The Balaban J connectivity index is 2.00. The summed E-state index contributed by atoms with van der Waals surface area (Å²) in [4.78, 5) is 0. The minimum atomic E-state index is -2.36. The Hall–Kier alpha value is -0.710. The van der Waals surface area contributed by atoms with Crippen LogP contribution in [0.5, 0.6) is 0 Å². The second kappa shape index (κ2) is 7.56. The third-order valence-electron chi connectivity index (χ3n) is 2.13. The van der Waals surface area contributed by atoms with Gasteiger partial charge in [-0.1, -0.05) is 36.8 Å². The molecule has 1 unspecified atom stereocenters. The van der Waals surface area contributed by atoms with E-state index < -0.39 is 11.4 Å². The van der Waals surface area contributed by atoms with Gasteiger partial charge in [0, 0.05) is 0 Å². The molecule has 0 aliphatic rings. The van der Waals surface area contributed by atoms with Crippen LogP contribution in [-0.2, 0) is 22.0 Å². The average molecular weight is 227 g/mol. The lowest BCUT2D eigenvalue weighted by atomic mass is 10.1. The molecule has 0 fully saturated rings. The lowest BCUT2D eigenvalue weighted by Gasteiger charge is -2.05. The van der Waals surface area contributed by atoms with Gasteiger partial charge in [0.1, 0.15) is 0 Å². The van der Waals surface area contributed by atoms with Gasteiger partial charge in [0.2, 0.25) is 0 Å². The summed E-state index contributed by atoms with van der Waals surface area (Å²) in [5.41, 5.74) is 1.32. The summed E-state index contributed by atoms with van der Waals surface area (Å²) in [6, 6.07) is 10.3. The van der Waals surface area contributed by atoms with E-state index in [1.165, 1.54) is 5.56 Å². The molecule has 1 aromatic rings. The zero-order valence-corrected chi connectivity index (χ0v) is 9.37. The van der Waals surface area contributed by atoms with E-state index in [9.17, 15) is 8.76 Å². The zero-order valence-electron chi connectivity index (χ0n) is 8.56. The van der Waals surface area contributed by atoms with Gasteiger partial charge in [-0.2, -0.15) is 0 Å². The largest absolute Gasteiger partial charge is 0.750 e. The second-order valence-corrected chi connectivity index (χ2v) is 3.97. The number of rotatable bonds is 7. The molecule has 0 amide bonds. The monoisotopic (exact) mass is 227 g/mol. The van der Waals surface area contributed by atoms with E-state index in [2.05, 4.69) is 16.3 Å². The second-order valence-electron chi connectivity index (χ2n) is 3.32. The van der Waals surface area contributed by atoms with Gasteiger partial charge in [-0.15, -0.1) is 0 Å². The van der Waals surface area contributed by atoms with Crippen LogP contribution < -0.4 is 0 Å². The van der Waals surface area contributed by atoms with Crippen molar-refractivity contribution in [2.24, 2.45) is 0 Å². The molecule has 0 saturated heterocycles. The molecule has 0 spiro atoms. The van der Waals surface area contributed by atoms with Gasteiger partial charge in [0.25, 0.3) is 0 Å². The molecule has 0 aliphatic heterocycles. The topological polar surface area (TPSA) is 49.4 Å². The lowest BCUT2D eigenvalue weighted by Crippen LogP contribution is -1.97. The smallest absolute Gasteiger partial charge is 0.0842 e. The van der Waals surface area contributed by atoms with E-state index in [0.717, 1.165) is 25.7 Å². The number of hydrogen-bond donors (Lipinski definition) is 0. The summed E-state index contributed by atoms with van der Waals surface area (Å²) in [6.45, 7) is 0.297. The normalized spacial score (nSPS) is 12.6. The summed E-state index contributed by atoms with van der Waals surface area (Å²) in [5.74, 6) is 0.